The van der Waals surface area contributed by atoms with Gasteiger partial charge in [-0.2, -0.15) is 0 Å². The van der Waals surface area contributed by atoms with Gasteiger partial charge in [0.1, 0.15) is 11.6 Å². The molecule has 1 aromatic carbocycles. The fourth-order valence-electron chi connectivity index (χ4n) is 3.89. The van der Waals surface area contributed by atoms with Crippen molar-refractivity contribution in [3.63, 3.8) is 0 Å². The Bertz CT molecular complexity index is 1430. The molecule has 2 aromatic heterocycles. The first-order chi connectivity index (χ1) is 16.6. The normalized spacial score (nSPS) is 15.4. The predicted molar refractivity (Wildman–Crippen MR) is 134 cm³/mol. The molecule has 3 heterocycles. The average molecular weight is 515 g/mol. The van der Waals surface area contributed by atoms with Crippen molar-refractivity contribution in [2.24, 2.45) is 5.92 Å². The van der Waals surface area contributed by atoms with Gasteiger partial charge in [-0.1, -0.05) is 18.7 Å². The standard InChI is InChI=1S/C23H26N6O4S2/c1-5-19-14(3)25-23-29(22(19)31)11-16(12-34-23)21(30)27-17-6-8-18(9-7-17)35(32,33)28-20-10-13(2)24-15(4)26-20/h6-10,16H,5,11-12H2,1-4H3,(H,27,30)(H,24,26,28). The van der Waals surface area contributed by atoms with Crippen molar-refractivity contribution in [2.75, 3.05) is 15.8 Å². The van der Waals surface area contributed by atoms with Crippen molar-refractivity contribution in [3.05, 3.63) is 63.5 Å². The van der Waals surface area contributed by atoms with Gasteiger partial charge < -0.3 is 5.32 Å². The first kappa shape index (κ1) is 24.9. The zero-order valence-electron chi connectivity index (χ0n) is 19.8. The highest BCUT2D eigenvalue weighted by molar-refractivity contribution is 7.99. The number of benzene rings is 1. The fourth-order valence-corrected chi connectivity index (χ4v) is 6.00. The van der Waals surface area contributed by atoms with Crippen molar-refractivity contribution in [1.29, 1.82) is 0 Å². The van der Waals surface area contributed by atoms with Crippen LogP contribution < -0.4 is 15.6 Å². The smallest absolute Gasteiger partial charge is 0.263 e. The zero-order valence-corrected chi connectivity index (χ0v) is 21.5. The summed E-state index contributed by atoms with van der Waals surface area (Å²) in [5.74, 6) is 0.484. The van der Waals surface area contributed by atoms with Gasteiger partial charge in [0.15, 0.2) is 5.16 Å². The molecule has 1 aliphatic rings. The van der Waals surface area contributed by atoms with E-state index < -0.39 is 15.9 Å². The van der Waals surface area contributed by atoms with Gasteiger partial charge in [0.2, 0.25) is 5.91 Å². The third-order valence-corrected chi connectivity index (χ3v) is 8.12. The lowest BCUT2D eigenvalue weighted by molar-refractivity contribution is -0.119. The summed E-state index contributed by atoms with van der Waals surface area (Å²) in [5, 5.41) is 3.45. The molecule has 3 aromatic rings. The Morgan fingerprint density at radius 3 is 2.51 bits per heavy atom. The Hall–Kier alpha value is -3.25. The molecule has 1 amide bonds. The Morgan fingerprint density at radius 2 is 1.86 bits per heavy atom. The lowest BCUT2D eigenvalue weighted by atomic mass is 10.1. The van der Waals surface area contributed by atoms with Crippen LogP contribution in [-0.4, -0.2) is 39.6 Å². The lowest BCUT2D eigenvalue weighted by Crippen LogP contribution is -2.38. The molecule has 4 rings (SSSR count). The van der Waals surface area contributed by atoms with E-state index in [4.69, 9.17) is 0 Å². The molecule has 2 N–H and O–H groups in total. The zero-order chi connectivity index (χ0) is 25.3. The molecule has 12 heteroatoms. The molecule has 0 saturated heterocycles. The van der Waals surface area contributed by atoms with E-state index in [1.54, 1.807) is 24.5 Å². The maximum atomic E-state index is 12.9. The summed E-state index contributed by atoms with van der Waals surface area (Å²) >= 11 is 1.38. The summed E-state index contributed by atoms with van der Waals surface area (Å²) in [6.45, 7) is 7.43. The monoisotopic (exact) mass is 514 g/mol. The van der Waals surface area contributed by atoms with E-state index >= 15 is 0 Å². The SMILES string of the molecule is CCc1c(C)nc2n(c1=O)CC(C(=O)Nc1ccc(S(=O)(=O)Nc3cc(C)nc(C)n3)cc1)CS2. The Labute approximate surface area is 207 Å². The lowest BCUT2D eigenvalue weighted by Gasteiger charge is -2.25. The second-order valence-electron chi connectivity index (χ2n) is 8.30. The molecule has 1 unspecified atom stereocenters. The first-order valence-electron chi connectivity index (χ1n) is 11.1. The van der Waals surface area contributed by atoms with Crippen molar-refractivity contribution >= 4 is 39.2 Å². The van der Waals surface area contributed by atoms with Crippen molar-refractivity contribution in [3.8, 4) is 0 Å². The number of rotatable bonds is 6. The number of thioether (sulfide) groups is 1. The molecule has 184 valence electrons. The van der Waals surface area contributed by atoms with Gasteiger partial charge in [0.25, 0.3) is 15.6 Å². The summed E-state index contributed by atoms with van der Waals surface area (Å²) in [4.78, 5) is 38.5. The Kier molecular flexibility index (Phi) is 6.95. The molecule has 0 spiro atoms. The van der Waals surface area contributed by atoms with E-state index in [1.165, 1.54) is 36.0 Å². The molecule has 0 fully saturated rings. The number of nitrogens with one attached hydrogen (secondary N) is 2. The van der Waals surface area contributed by atoms with Crippen molar-refractivity contribution in [1.82, 2.24) is 19.5 Å². The minimum atomic E-state index is -3.86. The number of hydrogen-bond donors (Lipinski definition) is 2. The van der Waals surface area contributed by atoms with E-state index in [-0.39, 0.29) is 28.7 Å². The fraction of sp³-hybridized carbons (Fsp3) is 0.348. The van der Waals surface area contributed by atoms with E-state index in [0.717, 1.165) is 5.69 Å². The number of fused-ring (bicyclic) bond motifs is 1. The molecule has 0 aliphatic carbocycles. The second-order valence-corrected chi connectivity index (χ2v) is 11.0. The summed E-state index contributed by atoms with van der Waals surface area (Å²) in [7, 11) is -3.86. The molecule has 1 atom stereocenters. The molecule has 10 nitrogen and oxygen atoms in total. The van der Waals surface area contributed by atoms with Crippen LogP contribution >= 0.6 is 11.8 Å². The first-order valence-corrected chi connectivity index (χ1v) is 13.5. The number of carbonyl (C=O) groups is 1. The summed E-state index contributed by atoms with van der Waals surface area (Å²) in [6.07, 6.45) is 0.583. The van der Waals surface area contributed by atoms with Crippen molar-refractivity contribution in [2.45, 2.75) is 50.7 Å². The van der Waals surface area contributed by atoms with E-state index in [9.17, 15) is 18.0 Å². The van der Waals surface area contributed by atoms with E-state index in [2.05, 4.69) is 25.0 Å². The number of amides is 1. The van der Waals surface area contributed by atoms with Crippen LogP contribution in [0.5, 0.6) is 0 Å². The third-order valence-electron chi connectivity index (χ3n) is 5.61. The largest absolute Gasteiger partial charge is 0.326 e. The molecular formula is C23H26N6O4S2. The highest BCUT2D eigenvalue weighted by Crippen LogP contribution is 2.27. The number of hydrogen-bond acceptors (Lipinski definition) is 8. The van der Waals surface area contributed by atoms with Gasteiger partial charge in [-0.15, -0.1) is 0 Å². The molecule has 35 heavy (non-hydrogen) atoms. The van der Waals surface area contributed by atoms with Gasteiger partial charge in [0, 0.05) is 41.0 Å². The van der Waals surface area contributed by atoms with Crippen LogP contribution in [0.1, 0.15) is 29.7 Å². The Balaban J connectivity index is 1.45. The molecule has 0 saturated carbocycles. The summed E-state index contributed by atoms with van der Waals surface area (Å²) < 4.78 is 29.5. The molecule has 0 bridgehead atoms. The Morgan fingerprint density at radius 1 is 1.14 bits per heavy atom. The highest BCUT2D eigenvalue weighted by atomic mass is 32.2. The number of nitrogens with zero attached hydrogens (tertiary/aromatic N) is 4. The highest BCUT2D eigenvalue weighted by Gasteiger charge is 2.28. The maximum absolute atomic E-state index is 12.9. The van der Waals surface area contributed by atoms with Gasteiger partial charge in [0.05, 0.1) is 10.8 Å². The number of carbonyl (C=O) groups excluding carboxylic acids is 1. The molecular weight excluding hydrogens is 488 g/mol. The number of aromatic nitrogens is 4. The van der Waals surface area contributed by atoms with Gasteiger partial charge in [-0.3, -0.25) is 18.9 Å². The topological polar surface area (TPSA) is 136 Å². The average Bonchev–Trinajstić information content (AvgIpc) is 2.78. The molecule has 0 radical (unpaired) electrons. The van der Waals surface area contributed by atoms with Crippen molar-refractivity contribution < 1.29 is 13.2 Å². The maximum Gasteiger partial charge on any atom is 0.263 e. The van der Waals surface area contributed by atoms with Gasteiger partial charge >= 0.3 is 0 Å². The molecule has 1 aliphatic heterocycles. The summed E-state index contributed by atoms with van der Waals surface area (Å²) in [6, 6.07) is 7.42. The van der Waals surface area contributed by atoms with E-state index in [1.807, 2.05) is 13.8 Å². The number of sulfonamides is 1. The predicted octanol–water partition coefficient (Wildman–Crippen LogP) is 2.68. The van der Waals surface area contributed by atoms with Crippen LogP contribution in [0.15, 0.2) is 45.2 Å². The van der Waals surface area contributed by atoms with Crippen LogP contribution in [-0.2, 0) is 27.8 Å². The van der Waals surface area contributed by atoms with Crippen LogP contribution in [0, 0.1) is 26.7 Å². The van der Waals surface area contributed by atoms with Crippen LogP contribution in [0.25, 0.3) is 0 Å². The quantitative estimate of drug-likeness (QED) is 0.479. The summed E-state index contributed by atoms with van der Waals surface area (Å²) in [5.41, 5.74) is 2.40. The minimum absolute atomic E-state index is 0.0339. The van der Waals surface area contributed by atoms with Gasteiger partial charge in [-0.05, 0) is 51.5 Å². The number of aryl methyl sites for hydroxylation is 3. The van der Waals surface area contributed by atoms with E-state index in [0.29, 0.717) is 40.1 Å². The van der Waals surface area contributed by atoms with Crippen LogP contribution in [0.4, 0.5) is 11.5 Å². The van der Waals surface area contributed by atoms with Crippen LogP contribution in [0.3, 0.4) is 0 Å². The van der Waals surface area contributed by atoms with Gasteiger partial charge in [-0.25, -0.2) is 23.4 Å². The minimum Gasteiger partial charge on any atom is -0.326 e. The van der Waals surface area contributed by atoms with Crippen LogP contribution in [0.2, 0.25) is 0 Å². The third kappa shape index (κ3) is 5.38. The second kappa shape index (κ2) is 9.78. The number of anilines is 2.